The van der Waals surface area contributed by atoms with Crippen molar-refractivity contribution >= 4 is 46.4 Å². The number of carbonyl (C=O) groups is 1. The molecule has 128 valence electrons. The molecule has 25 heavy (non-hydrogen) atoms. The summed E-state index contributed by atoms with van der Waals surface area (Å²) in [6.45, 7) is -0.228. The highest BCUT2D eigenvalue weighted by molar-refractivity contribution is 6.42. The van der Waals surface area contributed by atoms with Crippen molar-refractivity contribution in [2.75, 3.05) is 11.9 Å². The van der Waals surface area contributed by atoms with E-state index in [0.29, 0.717) is 16.5 Å². The van der Waals surface area contributed by atoms with Crippen LogP contribution in [-0.4, -0.2) is 32.7 Å². The van der Waals surface area contributed by atoms with E-state index in [1.807, 2.05) is 0 Å². The monoisotopic (exact) mass is 397 g/mol. The summed E-state index contributed by atoms with van der Waals surface area (Å²) in [5, 5.41) is 14.4. The van der Waals surface area contributed by atoms with Crippen molar-refractivity contribution in [3.05, 3.63) is 57.8 Å². The van der Waals surface area contributed by atoms with E-state index in [4.69, 9.17) is 39.5 Å². The number of carbonyl (C=O) groups excluding carboxylic acids is 1. The molecule has 0 fully saturated rings. The maximum Gasteiger partial charge on any atom is 0.262 e. The zero-order valence-corrected chi connectivity index (χ0v) is 14.8. The van der Waals surface area contributed by atoms with E-state index in [2.05, 4.69) is 20.8 Å². The highest BCUT2D eigenvalue weighted by atomic mass is 35.5. The van der Waals surface area contributed by atoms with Gasteiger partial charge in [-0.05, 0) is 34.7 Å². The van der Waals surface area contributed by atoms with Gasteiger partial charge in [-0.1, -0.05) is 40.9 Å². The Labute approximate surface area is 157 Å². The van der Waals surface area contributed by atoms with E-state index >= 15 is 0 Å². The Kier molecular flexibility index (Phi) is 5.37. The van der Waals surface area contributed by atoms with Gasteiger partial charge in [0.25, 0.3) is 5.91 Å². The van der Waals surface area contributed by atoms with Crippen molar-refractivity contribution < 1.29 is 9.53 Å². The first kappa shape index (κ1) is 17.5. The molecule has 1 amide bonds. The first-order valence-electron chi connectivity index (χ1n) is 6.93. The molecule has 0 aliphatic rings. The average molecular weight is 399 g/mol. The first-order chi connectivity index (χ1) is 12.0. The number of nitrogens with zero attached hydrogens (tertiary/aromatic N) is 4. The Bertz CT molecular complexity index is 879. The van der Waals surface area contributed by atoms with Gasteiger partial charge in [-0.25, -0.2) is 4.68 Å². The van der Waals surface area contributed by atoms with Gasteiger partial charge in [0.15, 0.2) is 6.61 Å². The van der Waals surface area contributed by atoms with Crippen LogP contribution in [0, 0.1) is 0 Å². The Morgan fingerprint density at radius 2 is 1.92 bits per heavy atom. The van der Waals surface area contributed by atoms with Crippen LogP contribution in [-0.2, 0) is 4.79 Å². The minimum atomic E-state index is -0.418. The Morgan fingerprint density at radius 1 is 1.16 bits per heavy atom. The van der Waals surface area contributed by atoms with Gasteiger partial charge in [-0.15, -0.1) is 5.10 Å². The molecule has 1 aromatic heterocycles. The summed E-state index contributed by atoms with van der Waals surface area (Å²) in [6, 6.07) is 9.95. The number of benzene rings is 2. The third kappa shape index (κ3) is 4.39. The maximum absolute atomic E-state index is 12.1. The standard InChI is InChI=1S/C15H10Cl3N5O2/c16-9-4-12(17)15(13(18)5-9)20-14(24)7-25-11-3-1-2-10(6-11)23-8-19-21-22-23/h1-6,8H,7H2,(H,20,24). The van der Waals surface area contributed by atoms with Crippen molar-refractivity contribution in [3.8, 4) is 11.4 Å². The van der Waals surface area contributed by atoms with Crippen molar-refractivity contribution in [2.24, 2.45) is 0 Å². The van der Waals surface area contributed by atoms with Crippen LogP contribution in [0.2, 0.25) is 15.1 Å². The molecule has 0 radical (unpaired) electrons. The van der Waals surface area contributed by atoms with Crippen LogP contribution in [0.25, 0.3) is 5.69 Å². The van der Waals surface area contributed by atoms with Gasteiger partial charge in [-0.3, -0.25) is 4.79 Å². The summed E-state index contributed by atoms with van der Waals surface area (Å²) < 4.78 is 6.95. The smallest absolute Gasteiger partial charge is 0.262 e. The lowest BCUT2D eigenvalue weighted by Crippen LogP contribution is -2.20. The van der Waals surface area contributed by atoms with E-state index in [1.165, 1.54) is 23.1 Å². The molecule has 10 heteroatoms. The minimum Gasteiger partial charge on any atom is -0.484 e. The van der Waals surface area contributed by atoms with Crippen molar-refractivity contribution in [1.82, 2.24) is 20.2 Å². The maximum atomic E-state index is 12.1. The second kappa shape index (κ2) is 7.69. The van der Waals surface area contributed by atoms with Gasteiger partial charge in [0.2, 0.25) is 0 Å². The van der Waals surface area contributed by atoms with Crippen LogP contribution >= 0.6 is 34.8 Å². The van der Waals surface area contributed by atoms with E-state index in [0.717, 1.165) is 0 Å². The van der Waals surface area contributed by atoms with E-state index in [-0.39, 0.29) is 22.3 Å². The normalized spacial score (nSPS) is 10.5. The molecule has 0 spiro atoms. The summed E-state index contributed by atoms with van der Waals surface area (Å²) >= 11 is 17.9. The lowest BCUT2D eigenvalue weighted by atomic mass is 10.3. The highest BCUT2D eigenvalue weighted by Crippen LogP contribution is 2.33. The number of rotatable bonds is 5. The molecule has 0 unspecified atom stereocenters. The van der Waals surface area contributed by atoms with Crippen LogP contribution < -0.4 is 10.1 Å². The molecule has 0 aliphatic heterocycles. The number of halogens is 3. The number of ether oxygens (including phenoxy) is 1. The second-order valence-electron chi connectivity index (χ2n) is 4.83. The molecule has 3 aromatic rings. The molecule has 7 nitrogen and oxygen atoms in total. The summed E-state index contributed by atoms with van der Waals surface area (Å²) in [7, 11) is 0. The predicted octanol–water partition coefficient (Wildman–Crippen LogP) is 3.64. The Morgan fingerprint density at radius 3 is 2.60 bits per heavy atom. The highest BCUT2D eigenvalue weighted by Gasteiger charge is 2.12. The molecule has 3 rings (SSSR count). The summed E-state index contributed by atoms with van der Waals surface area (Å²) in [5.41, 5.74) is 0.982. The number of nitrogens with one attached hydrogen (secondary N) is 1. The van der Waals surface area contributed by atoms with E-state index in [9.17, 15) is 4.79 Å². The van der Waals surface area contributed by atoms with E-state index in [1.54, 1.807) is 24.3 Å². The predicted molar refractivity (Wildman–Crippen MR) is 94.8 cm³/mol. The molecule has 0 aliphatic carbocycles. The molecule has 2 aromatic carbocycles. The van der Waals surface area contributed by atoms with Gasteiger partial charge in [0.1, 0.15) is 12.1 Å². The van der Waals surface area contributed by atoms with Crippen LogP contribution in [0.5, 0.6) is 5.75 Å². The molecule has 0 saturated heterocycles. The first-order valence-corrected chi connectivity index (χ1v) is 8.07. The van der Waals surface area contributed by atoms with Gasteiger partial charge in [0.05, 0.1) is 21.4 Å². The van der Waals surface area contributed by atoms with Gasteiger partial charge < -0.3 is 10.1 Å². The fourth-order valence-electron chi connectivity index (χ4n) is 1.98. The van der Waals surface area contributed by atoms with Crippen LogP contribution in [0.15, 0.2) is 42.7 Å². The van der Waals surface area contributed by atoms with Crippen LogP contribution in [0.1, 0.15) is 0 Å². The molecule has 1 heterocycles. The number of hydrogen-bond donors (Lipinski definition) is 1. The zero-order chi connectivity index (χ0) is 17.8. The lowest BCUT2D eigenvalue weighted by molar-refractivity contribution is -0.118. The third-order valence-electron chi connectivity index (χ3n) is 3.07. The molecule has 1 N–H and O–H groups in total. The van der Waals surface area contributed by atoms with Crippen LogP contribution in [0.3, 0.4) is 0 Å². The van der Waals surface area contributed by atoms with Crippen molar-refractivity contribution in [1.29, 1.82) is 0 Å². The number of anilines is 1. The molecular formula is C15H10Cl3N5O2. The third-order valence-corrected chi connectivity index (χ3v) is 3.89. The number of hydrogen-bond acceptors (Lipinski definition) is 5. The minimum absolute atomic E-state index is 0.228. The van der Waals surface area contributed by atoms with Gasteiger partial charge in [-0.2, -0.15) is 0 Å². The average Bonchev–Trinajstić information content (AvgIpc) is 3.11. The molecule has 0 atom stereocenters. The SMILES string of the molecule is O=C(COc1cccc(-n2cnnn2)c1)Nc1c(Cl)cc(Cl)cc1Cl. The topological polar surface area (TPSA) is 81.9 Å². The fraction of sp³-hybridized carbons (Fsp3) is 0.0667. The second-order valence-corrected chi connectivity index (χ2v) is 6.08. The van der Waals surface area contributed by atoms with E-state index < -0.39 is 5.91 Å². The fourth-order valence-corrected chi connectivity index (χ4v) is 2.89. The Hall–Kier alpha value is -2.35. The zero-order valence-electron chi connectivity index (χ0n) is 12.5. The Balaban J connectivity index is 1.64. The van der Waals surface area contributed by atoms with Crippen LogP contribution in [0.4, 0.5) is 5.69 Å². The number of aromatic nitrogens is 4. The lowest BCUT2D eigenvalue weighted by Gasteiger charge is -2.11. The molecule has 0 bridgehead atoms. The van der Waals surface area contributed by atoms with Crippen molar-refractivity contribution in [3.63, 3.8) is 0 Å². The molecule has 0 saturated carbocycles. The molecular weight excluding hydrogens is 389 g/mol. The quantitative estimate of drug-likeness (QED) is 0.709. The summed E-state index contributed by atoms with van der Waals surface area (Å²) in [5.74, 6) is 0.0652. The summed E-state index contributed by atoms with van der Waals surface area (Å²) in [4.78, 5) is 12.1. The number of amides is 1. The largest absolute Gasteiger partial charge is 0.484 e. The van der Waals surface area contributed by atoms with Gasteiger partial charge in [0, 0.05) is 11.1 Å². The van der Waals surface area contributed by atoms with Crippen molar-refractivity contribution in [2.45, 2.75) is 0 Å². The summed E-state index contributed by atoms with van der Waals surface area (Å²) in [6.07, 6.45) is 1.45. The van der Waals surface area contributed by atoms with Gasteiger partial charge >= 0.3 is 0 Å². The number of tetrazole rings is 1.